The van der Waals surface area contributed by atoms with Gasteiger partial charge >= 0.3 is 0 Å². The maximum absolute atomic E-state index is 5.74. The Morgan fingerprint density at radius 2 is 2.27 bits per heavy atom. The van der Waals surface area contributed by atoms with Crippen LogP contribution in [0.25, 0.3) is 0 Å². The van der Waals surface area contributed by atoms with Gasteiger partial charge in [-0.15, -0.1) is 0 Å². The van der Waals surface area contributed by atoms with E-state index in [2.05, 4.69) is 20.5 Å². The Kier molecular flexibility index (Phi) is 2.87. The highest BCUT2D eigenvalue weighted by Crippen LogP contribution is 2.17. The van der Waals surface area contributed by atoms with Gasteiger partial charge in [0.1, 0.15) is 5.82 Å². The molecule has 4 nitrogen and oxygen atoms in total. The lowest BCUT2D eigenvalue weighted by Crippen LogP contribution is -2.06. The van der Waals surface area contributed by atoms with Gasteiger partial charge in [-0.25, -0.2) is 4.98 Å². The first-order chi connectivity index (χ1) is 7.25. The van der Waals surface area contributed by atoms with E-state index in [1.54, 1.807) is 18.5 Å². The number of rotatable bonds is 3. The summed E-state index contributed by atoms with van der Waals surface area (Å²) < 4.78 is 0. The van der Waals surface area contributed by atoms with Gasteiger partial charge in [-0.05, 0) is 19.1 Å². The largest absolute Gasteiger partial charge is 0.363 e. The molecule has 2 heterocycles. The lowest BCUT2D eigenvalue weighted by atomic mass is 10.2. The summed E-state index contributed by atoms with van der Waals surface area (Å²) in [5, 5.41) is 10.5. The van der Waals surface area contributed by atoms with Crippen LogP contribution in [0.1, 0.15) is 18.5 Å². The molecule has 2 aromatic rings. The number of nitrogens with one attached hydrogen (secondary N) is 2. The molecule has 2 rings (SSSR count). The van der Waals surface area contributed by atoms with Crippen molar-refractivity contribution < 1.29 is 0 Å². The topological polar surface area (TPSA) is 53.6 Å². The number of H-pyrrole nitrogens is 1. The van der Waals surface area contributed by atoms with Gasteiger partial charge in [0, 0.05) is 18.0 Å². The molecule has 0 aliphatic heterocycles. The van der Waals surface area contributed by atoms with Crippen molar-refractivity contribution >= 4 is 17.4 Å². The summed E-state index contributed by atoms with van der Waals surface area (Å²) in [6.07, 6.45) is 5.26. The van der Waals surface area contributed by atoms with Gasteiger partial charge in [0.15, 0.2) is 0 Å². The second kappa shape index (κ2) is 4.31. The van der Waals surface area contributed by atoms with Gasteiger partial charge in [0.25, 0.3) is 0 Å². The molecule has 78 valence electrons. The summed E-state index contributed by atoms with van der Waals surface area (Å²) in [7, 11) is 0. The Morgan fingerprint density at radius 3 is 2.87 bits per heavy atom. The first kappa shape index (κ1) is 9.98. The zero-order valence-electron chi connectivity index (χ0n) is 8.24. The van der Waals surface area contributed by atoms with Crippen LogP contribution in [-0.4, -0.2) is 15.2 Å². The van der Waals surface area contributed by atoms with Crippen LogP contribution in [0.4, 0.5) is 5.82 Å². The molecule has 0 bridgehead atoms. The summed E-state index contributed by atoms with van der Waals surface area (Å²) in [6, 6.07) is 3.81. The van der Waals surface area contributed by atoms with Crippen molar-refractivity contribution in [1.82, 2.24) is 15.2 Å². The Morgan fingerprint density at radius 1 is 1.40 bits per heavy atom. The molecule has 15 heavy (non-hydrogen) atoms. The molecule has 2 aromatic heterocycles. The summed E-state index contributed by atoms with van der Waals surface area (Å²) >= 11 is 5.74. The Labute approximate surface area is 92.7 Å². The highest BCUT2D eigenvalue weighted by molar-refractivity contribution is 6.30. The maximum Gasteiger partial charge on any atom is 0.126 e. The van der Waals surface area contributed by atoms with E-state index in [0.717, 1.165) is 11.4 Å². The minimum absolute atomic E-state index is 0.164. The van der Waals surface area contributed by atoms with Crippen molar-refractivity contribution in [2.45, 2.75) is 13.0 Å². The van der Waals surface area contributed by atoms with E-state index < -0.39 is 0 Å². The molecule has 0 aliphatic rings. The average Bonchev–Trinajstić information content (AvgIpc) is 2.74. The van der Waals surface area contributed by atoms with E-state index in [0.29, 0.717) is 5.02 Å². The second-order valence-corrected chi connectivity index (χ2v) is 3.70. The van der Waals surface area contributed by atoms with Crippen LogP contribution in [0.15, 0.2) is 30.7 Å². The zero-order valence-corrected chi connectivity index (χ0v) is 8.99. The molecule has 0 aliphatic carbocycles. The quantitative estimate of drug-likeness (QED) is 0.840. The third kappa shape index (κ3) is 2.47. The molecule has 1 atom stereocenters. The second-order valence-electron chi connectivity index (χ2n) is 3.26. The summed E-state index contributed by atoms with van der Waals surface area (Å²) in [5.74, 6) is 0.799. The Bertz CT molecular complexity index is 409. The van der Waals surface area contributed by atoms with Crippen LogP contribution in [0.3, 0.4) is 0 Å². The summed E-state index contributed by atoms with van der Waals surface area (Å²) in [5.41, 5.74) is 1.09. The minimum atomic E-state index is 0.164. The van der Waals surface area contributed by atoms with Crippen molar-refractivity contribution in [3.63, 3.8) is 0 Å². The molecule has 1 unspecified atom stereocenters. The molecular formula is C10H11ClN4. The normalized spacial score (nSPS) is 12.4. The lowest BCUT2D eigenvalue weighted by molar-refractivity contribution is 0.876. The highest BCUT2D eigenvalue weighted by atomic mass is 35.5. The summed E-state index contributed by atoms with van der Waals surface area (Å²) in [4.78, 5) is 4.15. The lowest BCUT2D eigenvalue weighted by Gasteiger charge is -2.12. The van der Waals surface area contributed by atoms with Gasteiger partial charge < -0.3 is 5.32 Å². The van der Waals surface area contributed by atoms with Crippen LogP contribution in [0.5, 0.6) is 0 Å². The Hall–Kier alpha value is -1.55. The van der Waals surface area contributed by atoms with Gasteiger partial charge in [0.2, 0.25) is 0 Å². The van der Waals surface area contributed by atoms with Gasteiger partial charge in [0.05, 0.1) is 17.3 Å². The van der Waals surface area contributed by atoms with Crippen molar-refractivity contribution in [3.05, 3.63) is 41.3 Å². The van der Waals surface area contributed by atoms with Crippen LogP contribution in [0, 0.1) is 0 Å². The fraction of sp³-hybridized carbons (Fsp3) is 0.200. The van der Waals surface area contributed by atoms with Crippen molar-refractivity contribution in [2.75, 3.05) is 5.32 Å². The minimum Gasteiger partial charge on any atom is -0.363 e. The maximum atomic E-state index is 5.74. The van der Waals surface area contributed by atoms with E-state index in [1.807, 2.05) is 19.2 Å². The van der Waals surface area contributed by atoms with Gasteiger partial charge in [-0.1, -0.05) is 11.6 Å². The number of anilines is 1. The Balaban J connectivity index is 2.06. The monoisotopic (exact) mass is 222 g/mol. The number of pyridine rings is 1. The van der Waals surface area contributed by atoms with Gasteiger partial charge in [-0.3, -0.25) is 5.10 Å². The first-order valence-electron chi connectivity index (χ1n) is 4.62. The van der Waals surface area contributed by atoms with E-state index in [-0.39, 0.29) is 6.04 Å². The number of hydrogen-bond donors (Lipinski definition) is 2. The third-order valence-corrected chi connectivity index (χ3v) is 2.33. The predicted octanol–water partition coefficient (Wildman–Crippen LogP) is 2.63. The molecule has 5 heteroatoms. The smallest absolute Gasteiger partial charge is 0.126 e. The number of aromatic nitrogens is 3. The van der Waals surface area contributed by atoms with E-state index >= 15 is 0 Å². The molecule has 0 aromatic carbocycles. The number of aromatic amines is 1. The fourth-order valence-electron chi connectivity index (χ4n) is 1.26. The van der Waals surface area contributed by atoms with Gasteiger partial charge in [-0.2, -0.15) is 5.10 Å². The molecule has 0 saturated heterocycles. The van der Waals surface area contributed by atoms with E-state index in [1.165, 1.54) is 0 Å². The molecular weight excluding hydrogens is 212 g/mol. The van der Waals surface area contributed by atoms with Crippen LogP contribution in [-0.2, 0) is 0 Å². The number of nitrogens with zero attached hydrogens (tertiary/aromatic N) is 2. The number of hydrogen-bond acceptors (Lipinski definition) is 3. The van der Waals surface area contributed by atoms with Crippen LogP contribution < -0.4 is 5.32 Å². The molecule has 2 N–H and O–H groups in total. The first-order valence-corrected chi connectivity index (χ1v) is 5.00. The fourth-order valence-corrected chi connectivity index (χ4v) is 1.38. The van der Waals surface area contributed by atoms with Crippen LogP contribution >= 0.6 is 11.6 Å². The zero-order chi connectivity index (χ0) is 10.7. The van der Waals surface area contributed by atoms with E-state index in [4.69, 9.17) is 11.6 Å². The average molecular weight is 223 g/mol. The van der Waals surface area contributed by atoms with Crippen molar-refractivity contribution in [3.8, 4) is 0 Å². The standard InChI is InChI=1S/C10H11ClN4/c1-7(8-4-13-14-5-8)15-10-3-2-9(11)6-12-10/h2-7H,1H3,(H,12,15)(H,13,14). The highest BCUT2D eigenvalue weighted by Gasteiger charge is 2.06. The van der Waals surface area contributed by atoms with Crippen molar-refractivity contribution in [1.29, 1.82) is 0 Å². The predicted molar refractivity (Wildman–Crippen MR) is 59.9 cm³/mol. The molecule has 0 spiro atoms. The SMILES string of the molecule is CC(Nc1ccc(Cl)cn1)c1cn[nH]c1. The molecule has 0 saturated carbocycles. The van der Waals surface area contributed by atoms with Crippen molar-refractivity contribution in [2.24, 2.45) is 0 Å². The summed E-state index contributed by atoms with van der Waals surface area (Å²) in [6.45, 7) is 2.04. The molecule has 0 radical (unpaired) electrons. The third-order valence-electron chi connectivity index (χ3n) is 2.11. The molecule has 0 amide bonds. The number of halogens is 1. The molecule has 0 fully saturated rings. The van der Waals surface area contributed by atoms with Crippen LogP contribution in [0.2, 0.25) is 5.02 Å². The van der Waals surface area contributed by atoms with E-state index in [9.17, 15) is 0 Å².